The van der Waals surface area contributed by atoms with Crippen LogP contribution < -0.4 is 5.32 Å². The Bertz CT molecular complexity index is 1450. The van der Waals surface area contributed by atoms with E-state index in [0.29, 0.717) is 25.9 Å². The third kappa shape index (κ3) is 81.5. The van der Waals surface area contributed by atoms with Crippen molar-refractivity contribution in [3.8, 4) is 0 Å². The van der Waals surface area contributed by atoms with Gasteiger partial charge in [-0.25, -0.2) is 0 Å². The number of carbonyl (C=O) groups excluding carboxylic acids is 2. The fourth-order valence-electron chi connectivity index (χ4n) is 14.6. The van der Waals surface area contributed by atoms with Gasteiger partial charge in [0.05, 0.1) is 25.4 Å². The van der Waals surface area contributed by atoms with Gasteiger partial charge in [-0.05, 0) is 51.4 Å². The highest BCUT2D eigenvalue weighted by molar-refractivity contribution is 5.76. The minimum absolute atomic E-state index is 0.0237. The summed E-state index contributed by atoms with van der Waals surface area (Å²) < 4.78 is 5.51. The summed E-state index contributed by atoms with van der Waals surface area (Å²) in [6.45, 7) is 5.02. The lowest BCUT2D eigenvalue weighted by Crippen LogP contribution is -2.45. The summed E-state index contributed by atoms with van der Waals surface area (Å²) >= 11 is 0. The first-order valence-corrected chi connectivity index (χ1v) is 44.4. The highest BCUT2D eigenvalue weighted by atomic mass is 16.5. The van der Waals surface area contributed by atoms with Gasteiger partial charge in [-0.2, -0.15) is 0 Å². The third-order valence-corrected chi connectivity index (χ3v) is 21.3. The molecule has 2 atom stereocenters. The van der Waals surface area contributed by atoms with Gasteiger partial charge in [0.25, 0.3) is 0 Å². The summed E-state index contributed by atoms with van der Waals surface area (Å²) in [5.41, 5.74) is 0. The van der Waals surface area contributed by atoms with E-state index in [2.05, 4.69) is 31.3 Å². The van der Waals surface area contributed by atoms with Gasteiger partial charge in [-0.15, -0.1) is 0 Å². The van der Waals surface area contributed by atoms with Crippen LogP contribution in [0.5, 0.6) is 0 Å². The van der Waals surface area contributed by atoms with Gasteiger partial charge < -0.3 is 20.3 Å². The molecule has 6 nitrogen and oxygen atoms in total. The molecule has 0 spiro atoms. The molecule has 1 amide bonds. The first-order valence-electron chi connectivity index (χ1n) is 44.4. The van der Waals surface area contributed by atoms with Crippen LogP contribution in [0.25, 0.3) is 0 Å². The van der Waals surface area contributed by atoms with Crippen LogP contribution in [0.2, 0.25) is 0 Å². The van der Waals surface area contributed by atoms with E-state index in [4.69, 9.17) is 4.74 Å². The van der Waals surface area contributed by atoms with Gasteiger partial charge in [0.1, 0.15) is 0 Å². The van der Waals surface area contributed by atoms with Crippen molar-refractivity contribution in [2.75, 3.05) is 13.2 Å². The molecular formula is C89H175NO5. The van der Waals surface area contributed by atoms with E-state index >= 15 is 0 Å². The first-order chi connectivity index (χ1) is 47.0. The lowest BCUT2D eigenvalue weighted by Gasteiger charge is -2.22. The molecule has 0 rings (SSSR count). The van der Waals surface area contributed by atoms with Crippen LogP contribution in [0.4, 0.5) is 0 Å². The largest absolute Gasteiger partial charge is 0.466 e. The molecule has 95 heavy (non-hydrogen) atoms. The van der Waals surface area contributed by atoms with Crippen LogP contribution in [-0.4, -0.2) is 47.4 Å². The van der Waals surface area contributed by atoms with Gasteiger partial charge in [-0.3, -0.25) is 9.59 Å². The molecular weight excluding hydrogens is 1160 g/mol. The number of hydrogen-bond acceptors (Lipinski definition) is 5. The number of rotatable bonds is 85. The average Bonchev–Trinajstić information content (AvgIpc) is 3.70. The molecule has 6 heteroatoms. The Hall–Kier alpha value is -1.40. The third-order valence-electron chi connectivity index (χ3n) is 21.3. The highest BCUT2D eigenvalue weighted by Crippen LogP contribution is 2.21. The average molecular weight is 1340 g/mol. The van der Waals surface area contributed by atoms with E-state index in [1.807, 2.05) is 0 Å². The van der Waals surface area contributed by atoms with Gasteiger partial charge >= 0.3 is 5.97 Å². The fraction of sp³-hybridized carbons (Fsp3) is 0.955. The van der Waals surface area contributed by atoms with Crippen LogP contribution in [0, 0.1) is 0 Å². The van der Waals surface area contributed by atoms with Gasteiger partial charge in [0, 0.05) is 12.8 Å². The fourth-order valence-corrected chi connectivity index (χ4v) is 14.6. The van der Waals surface area contributed by atoms with Crippen molar-refractivity contribution in [1.29, 1.82) is 0 Å². The molecule has 0 fully saturated rings. The topological polar surface area (TPSA) is 95.9 Å². The number of aliphatic hydroxyl groups is 2. The van der Waals surface area contributed by atoms with E-state index in [0.717, 1.165) is 38.5 Å². The van der Waals surface area contributed by atoms with Crippen LogP contribution in [0.1, 0.15) is 521 Å². The Balaban J connectivity index is 3.32. The quantitative estimate of drug-likeness (QED) is 0.0320. The van der Waals surface area contributed by atoms with Crippen molar-refractivity contribution in [3.63, 3.8) is 0 Å². The second-order valence-corrected chi connectivity index (χ2v) is 30.9. The number of hydrogen-bond donors (Lipinski definition) is 3. The van der Waals surface area contributed by atoms with E-state index in [1.165, 1.54) is 449 Å². The Kier molecular flexibility index (Phi) is 83.8. The Morgan fingerprint density at radius 2 is 0.495 bits per heavy atom. The SMILES string of the molecule is CCCCCCCCCCCCCCCCCCCCCCCCCCCC(O)C(CO)NC(=O)CCCCCCCCCCCCCCCCCCC/C=C\CCCCCCCCCCCCCCCCCCCCOC(=O)CCCCCCCCCCCCCCCC. The molecule has 0 radical (unpaired) electrons. The smallest absolute Gasteiger partial charge is 0.305 e. The number of ether oxygens (including phenoxy) is 1. The molecule has 0 aliphatic rings. The number of unbranched alkanes of at least 4 members (excludes halogenated alkanes) is 72. The molecule has 566 valence electrons. The summed E-state index contributed by atoms with van der Waals surface area (Å²) in [6, 6.07) is -0.539. The number of nitrogens with one attached hydrogen (secondary N) is 1. The zero-order valence-electron chi connectivity index (χ0n) is 65.2. The van der Waals surface area contributed by atoms with Crippen molar-refractivity contribution in [2.45, 2.75) is 533 Å². The number of aliphatic hydroxyl groups excluding tert-OH is 2. The summed E-state index contributed by atoms with van der Waals surface area (Å²) in [5, 5.41) is 23.5. The van der Waals surface area contributed by atoms with Gasteiger partial charge in [0.2, 0.25) is 5.91 Å². The Morgan fingerprint density at radius 3 is 0.747 bits per heavy atom. The maximum atomic E-state index is 12.6. The van der Waals surface area contributed by atoms with Crippen molar-refractivity contribution in [1.82, 2.24) is 5.32 Å². The minimum Gasteiger partial charge on any atom is -0.466 e. The normalized spacial score (nSPS) is 12.4. The van der Waals surface area contributed by atoms with E-state index < -0.39 is 12.1 Å². The van der Waals surface area contributed by atoms with Crippen LogP contribution in [-0.2, 0) is 14.3 Å². The van der Waals surface area contributed by atoms with Crippen LogP contribution in [0.3, 0.4) is 0 Å². The van der Waals surface area contributed by atoms with E-state index in [9.17, 15) is 19.8 Å². The number of carbonyl (C=O) groups is 2. The highest BCUT2D eigenvalue weighted by Gasteiger charge is 2.20. The second-order valence-electron chi connectivity index (χ2n) is 30.9. The predicted molar refractivity (Wildman–Crippen MR) is 421 cm³/mol. The van der Waals surface area contributed by atoms with E-state index in [-0.39, 0.29) is 18.5 Å². The molecule has 0 bridgehead atoms. The molecule has 0 heterocycles. The molecule has 0 saturated carbocycles. The molecule has 3 N–H and O–H groups in total. The number of amides is 1. The number of allylic oxidation sites excluding steroid dienone is 2. The maximum absolute atomic E-state index is 12.6. The van der Waals surface area contributed by atoms with Gasteiger partial charge in [0.15, 0.2) is 0 Å². The lowest BCUT2D eigenvalue weighted by molar-refractivity contribution is -0.143. The van der Waals surface area contributed by atoms with E-state index in [1.54, 1.807) is 0 Å². The summed E-state index contributed by atoms with van der Waals surface area (Å²) in [7, 11) is 0. The van der Waals surface area contributed by atoms with Gasteiger partial charge in [-0.1, -0.05) is 469 Å². The zero-order chi connectivity index (χ0) is 68.4. The monoisotopic (exact) mass is 1340 g/mol. The summed E-state index contributed by atoms with van der Waals surface area (Å²) in [6.07, 6.45) is 109. The van der Waals surface area contributed by atoms with Crippen molar-refractivity contribution in [2.24, 2.45) is 0 Å². The zero-order valence-corrected chi connectivity index (χ0v) is 65.2. The lowest BCUT2D eigenvalue weighted by atomic mass is 10.0. The Labute approximate surface area is 597 Å². The minimum atomic E-state index is -0.662. The predicted octanol–water partition coefficient (Wildman–Crippen LogP) is 29.8. The molecule has 0 aliphatic carbocycles. The van der Waals surface area contributed by atoms with Crippen LogP contribution in [0.15, 0.2) is 12.2 Å². The Morgan fingerprint density at radius 1 is 0.284 bits per heavy atom. The van der Waals surface area contributed by atoms with Crippen LogP contribution >= 0.6 is 0 Å². The van der Waals surface area contributed by atoms with Crippen molar-refractivity contribution >= 4 is 11.9 Å². The standard InChI is InChI=1S/C89H175NO5/c1-3-5-7-9-11-13-15-17-19-20-21-22-23-39-42-45-48-51-54-57-61-65-69-73-77-81-87(92)86(85-91)90-88(93)82-78-74-70-66-62-58-55-52-49-46-43-40-37-35-33-31-29-27-25-24-26-28-30-32-34-36-38-41-44-47-50-53-56-60-64-68-72-76-80-84-95-89(94)83-79-75-71-67-63-59-18-16-14-12-10-8-6-4-2/h24-25,86-87,91-92H,3-23,26-85H2,1-2H3,(H,90,93)/b25-24-. The molecule has 0 aromatic rings. The number of esters is 1. The molecule has 0 aliphatic heterocycles. The molecule has 0 saturated heterocycles. The van der Waals surface area contributed by atoms with Crippen molar-refractivity contribution < 1.29 is 24.5 Å². The molecule has 0 aromatic carbocycles. The summed E-state index contributed by atoms with van der Waals surface area (Å²) in [5.74, 6) is 0.00250. The first kappa shape index (κ1) is 93.6. The second kappa shape index (κ2) is 85.0. The summed E-state index contributed by atoms with van der Waals surface area (Å²) in [4.78, 5) is 24.7. The maximum Gasteiger partial charge on any atom is 0.305 e. The molecule has 2 unspecified atom stereocenters. The molecule has 0 aromatic heterocycles. The van der Waals surface area contributed by atoms with Crippen molar-refractivity contribution in [3.05, 3.63) is 12.2 Å².